The highest BCUT2D eigenvalue weighted by Gasteiger charge is 2.30. The number of hydrogen-bond acceptors (Lipinski definition) is 6. The summed E-state index contributed by atoms with van der Waals surface area (Å²) in [6.45, 7) is 5.46. The number of hydrogen-bond donors (Lipinski definition) is 1. The van der Waals surface area contributed by atoms with Gasteiger partial charge in [0.15, 0.2) is 11.3 Å². The maximum atomic E-state index is 14.3. The zero-order valence-corrected chi connectivity index (χ0v) is 17.4. The Kier molecular flexibility index (Phi) is 5.08. The molecule has 9 nitrogen and oxygen atoms in total. The minimum Gasteiger partial charge on any atom is -0.473 e. The van der Waals surface area contributed by atoms with E-state index >= 15 is 0 Å². The van der Waals surface area contributed by atoms with Crippen LogP contribution in [0.4, 0.5) is 9.18 Å². The van der Waals surface area contributed by atoms with Crippen molar-refractivity contribution in [1.82, 2.24) is 29.7 Å². The zero-order valence-electron chi connectivity index (χ0n) is 17.4. The molecule has 0 spiro atoms. The molecule has 4 rings (SSSR count). The van der Waals surface area contributed by atoms with Crippen LogP contribution in [-0.2, 0) is 11.8 Å². The number of halogens is 1. The van der Waals surface area contributed by atoms with Gasteiger partial charge in [-0.25, -0.2) is 18.7 Å². The molecule has 3 aromatic rings. The van der Waals surface area contributed by atoms with Crippen LogP contribution in [0.5, 0.6) is 5.88 Å². The number of ether oxygens (including phenoxy) is 2. The molecule has 0 unspecified atom stereocenters. The predicted octanol–water partition coefficient (Wildman–Crippen LogP) is 3.09. The summed E-state index contributed by atoms with van der Waals surface area (Å²) >= 11 is 0. The van der Waals surface area contributed by atoms with E-state index in [4.69, 9.17) is 9.47 Å². The van der Waals surface area contributed by atoms with Crippen LogP contribution < -0.4 is 10.1 Å². The maximum Gasteiger partial charge on any atom is 0.407 e. The van der Waals surface area contributed by atoms with Gasteiger partial charge in [0, 0.05) is 31.3 Å². The predicted molar refractivity (Wildman–Crippen MR) is 107 cm³/mol. The lowest BCUT2D eigenvalue weighted by molar-refractivity contribution is 0.0503. The largest absolute Gasteiger partial charge is 0.473 e. The van der Waals surface area contributed by atoms with Gasteiger partial charge >= 0.3 is 6.09 Å². The molecule has 1 aliphatic carbocycles. The third-order valence-electron chi connectivity index (χ3n) is 4.80. The van der Waals surface area contributed by atoms with Gasteiger partial charge in [0.1, 0.15) is 11.7 Å². The Hall–Kier alpha value is -3.17. The molecule has 1 amide bonds. The van der Waals surface area contributed by atoms with Crippen molar-refractivity contribution in [2.45, 2.75) is 57.8 Å². The standard InChI is InChI=1S/C20H25FN6O3/c1-20(2,3)30-19(28)24-13-5-6-14(7-13)29-18-17-15(21)9-23-27(17)11-16(25-18)12-8-22-26(4)10-12/h8-11,13-14H,5-7H2,1-4H3,(H,24,28)/t13-,14+/m0/s1. The summed E-state index contributed by atoms with van der Waals surface area (Å²) in [7, 11) is 1.81. The third-order valence-corrected chi connectivity index (χ3v) is 4.80. The summed E-state index contributed by atoms with van der Waals surface area (Å²) in [6.07, 6.45) is 7.64. The van der Waals surface area contributed by atoms with Crippen LogP contribution in [0.2, 0.25) is 0 Å². The fourth-order valence-electron chi connectivity index (χ4n) is 3.53. The van der Waals surface area contributed by atoms with Gasteiger partial charge < -0.3 is 14.8 Å². The van der Waals surface area contributed by atoms with Crippen molar-refractivity contribution in [3.8, 4) is 17.1 Å². The van der Waals surface area contributed by atoms with Gasteiger partial charge in [-0.3, -0.25) is 4.68 Å². The molecule has 1 saturated carbocycles. The van der Waals surface area contributed by atoms with Crippen molar-refractivity contribution in [3.63, 3.8) is 0 Å². The summed E-state index contributed by atoms with van der Waals surface area (Å²) in [5.41, 5.74) is 0.984. The lowest BCUT2D eigenvalue weighted by Crippen LogP contribution is -2.38. The Balaban J connectivity index is 1.51. The quantitative estimate of drug-likeness (QED) is 0.702. The first-order chi connectivity index (χ1) is 14.2. The lowest BCUT2D eigenvalue weighted by Gasteiger charge is -2.21. The molecular formula is C20H25FN6O3. The zero-order chi connectivity index (χ0) is 21.5. The summed E-state index contributed by atoms with van der Waals surface area (Å²) in [5, 5.41) is 11.1. The van der Waals surface area contributed by atoms with Crippen LogP contribution in [0.15, 0.2) is 24.8 Å². The first-order valence-electron chi connectivity index (χ1n) is 9.87. The average molecular weight is 416 g/mol. The molecule has 1 N–H and O–H groups in total. The summed E-state index contributed by atoms with van der Waals surface area (Å²) in [4.78, 5) is 16.5. The molecule has 2 atom stereocenters. The van der Waals surface area contributed by atoms with E-state index in [0.717, 1.165) is 18.2 Å². The van der Waals surface area contributed by atoms with E-state index in [1.54, 1.807) is 17.1 Å². The van der Waals surface area contributed by atoms with E-state index in [9.17, 15) is 9.18 Å². The average Bonchev–Trinajstić information content (AvgIpc) is 3.34. The molecule has 1 fully saturated rings. The molecular weight excluding hydrogens is 391 g/mol. The number of fused-ring (bicyclic) bond motifs is 1. The fourth-order valence-corrected chi connectivity index (χ4v) is 3.53. The van der Waals surface area contributed by atoms with Gasteiger partial charge in [-0.1, -0.05) is 0 Å². The summed E-state index contributed by atoms with van der Waals surface area (Å²) in [5.74, 6) is -0.328. The lowest BCUT2D eigenvalue weighted by atomic mass is 10.2. The normalized spacial score (nSPS) is 19.2. The van der Waals surface area contributed by atoms with E-state index < -0.39 is 17.5 Å². The second-order valence-corrected chi connectivity index (χ2v) is 8.52. The topological polar surface area (TPSA) is 95.6 Å². The number of nitrogens with zero attached hydrogens (tertiary/aromatic N) is 5. The van der Waals surface area contributed by atoms with Crippen LogP contribution in [-0.4, -0.2) is 48.2 Å². The molecule has 10 heteroatoms. The maximum absolute atomic E-state index is 14.3. The molecule has 0 aromatic carbocycles. The van der Waals surface area contributed by atoms with E-state index in [-0.39, 0.29) is 23.5 Å². The van der Waals surface area contributed by atoms with E-state index in [1.165, 1.54) is 4.52 Å². The van der Waals surface area contributed by atoms with Crippen LogP contribution in [0.1, 0.15) is 40.0 Å². The van der Waals surface area contributed by atoms with Crippen molar-refractivity contribution in [3.05, 3.63) is 30.6 Å². The van der Waals surface area contributed by atoms with Crippen molar-refractivity contribution in [2.24, 2.45) is 7.05 Å². The van der Waals surface area contributed by atoms with Crippen LogP contribution in [0.25, 0.3) is 16.8 Å². The van der Waals surface area contributed by atoms with Crippen LogP contribution >= 0.6 is 0 Å². The molecule has 1 aliphatic rings. The van der Waals surface area contributed by atoms with E-state index in [2.05, 4.69) is 20.5 Å². The first kappa shape index (κ1) is 20.1. The SMILES string of the molecule is Cn1cc(-c2cn3ncc(F)c3c(O[C@@H]3CC[C@H](NC(=O)OC(C)(C)C)C3)n2)cn1. The molecule has 0 aliphatic heterocycles. The number of rotatable bonds is 4. The number of alkyl carbamates (subject to hydrolysis) is 1. The Bertz CT molecular complexity index is 1070. The van der Waals surface area contributed by atoms with Gasteiger partial charge in [-0.15, -0.1) is 0 Å². The first-order valence-corrected chi connectivity index (χ1v) is 9.87. The molecule has 30 heavy (non-hydrogen) atoms. The van der Waals surface area contributed by atoms with Crippen LogP contribution in [0, 0.1) is 5.82 Å². The van der Waals surface area contributed by atoms with Gasteiger partial charge in [-0.05, 0) is 33.6 Å². The van der Waals surface area contributed by atoms with Crippen molar-refractivity contribution < 1.29 is 18.7 Å². The molecule has 3 heterocycles. The number of amides is 1. The highest BCUT2D eigenvalue weighted by Crippen LogP contribution is 2.30. The fraction of sp³-hybridized carbons (Fsp3) is 0.500. The van der Waals surface area contributed by atoms with Crippen LogP contribution in [0.3, 0.4) is 0 Å². The van der Waals surface area contributed by atoms with Crippen molar-refractivity contribution >= 4 is 11.6 Å². The van der Waals surface area contributed by atoms with Gasteiger partial charge in [0.05, 0.1) is 24.3 Å². The van der Waals surface area contributed by atoms with E-state index in [1.807, 2.05) is 34.0 Å². The number of carbonyl (C=O) groups is 1. The van der Waals surface area contributed by atoms with Crippen molar-refractivity contribution in [2.75, 3.05) is 0 Å². The molecule has 0 bridgehead atoms. The Morgan fingerprint density at radius 1 is 1.23 bits per heavy atom. The van der Waals surface area contributed by atoms with E-state index in [0.29, 0.717) is 18.5 Å². The second-order valence-electron chi connectivity index (χ2n) is 8.52. The Morgan fingerprint density at radius 2 is 2.03 bits per heavy atom. The molecule has 160 valence electrons. The van der Waals surface area contributed by atoms with Gasteiger partial charge in [-0.2, -0.15) is 10.2 Å². The third kappa shape index (κ3) is 4.37. The minimum atomic E-state index is -0.555. The molecule has 3 aromatic heterocycles. The minimum absolute atomic E-state index is 0.0721. The highest BCUT2D eigenvalue weighted by atomic mass is 19.1. The number of aryl methyl sites for hydroxylation is 1. The molecule has 0 radical (unpaired) electrons. The molecule has 0 saturated heterocycles. The monoisotopic (exact) mass is 416 g/mol. The number of nitrogens with one attached hydrogen (secondary N) is 1. The van der Waals surface area contributed by atoms with Gasteiger partial charge in [0.2, 0.25) is 5.88 Å². The Morgan fingerprint density at radius 3 is 2.73 bits per heavy atom. The highest BCUT2D eigenvalue weighted by molar-refractivity contribution is 5.68. The summed E-state index contributed by atoms with van der Waals surface area (Å²) < 4.78 is 28.8. The second kappa shape index (κ2) is 7.58. The number of carbonyl (C=O) groups excluding carboxylic acids is 1. The van der Waals surface area contributed by atoms with Crippen molar-refractivity contribution in [1.29, 1.82) is 0 Å². The number of aromatic nitrogens is 5. The van der Waals surface area contributed by atoms with Gasteiger partial charge in [0.25, 0.3) is 0 Å². The smallest absolute Gasteiger partial charge is 0.407 e. The Labute approximate surface area is 173 Å². The summed E-state index contributed by atoms with van der Waals surface area (Å²) in [6, 6.07) is -0.0721.